The van der Waals surface area contributed by atoms with Crippen LogP contribution in [-0.4, -0.2) is 0 Å². The van der Waals surface area contributed by atoms with Crippen LogP contribution in [0, 0.1) is 5.92 Å². The maximum Gasteiger partial charge on any atom is 0.124 e. The second-order valence-corrected chi connectivity index (χ2v) is 2.39. The fourth-order valence-corrected chi connectivity index (χ4v) is 0.736. The molecule has 0 N–H and O–H groups in total. The van der Waals surface area contributed by atoms with Crippen molar-refractivity contribution in [3.8, 4) is 0 Å². The molecular formula is C8H12NO. The zero-order valence-corrected chi connectivity index (χ0v) is 6.37. The smallest absolute Gasteiger partial charge is 0.124 e. The lowest BCUT2D eigenvalue weighted by molar-refractivity contribution is 0.282. The number of allylic oxidation sites excluding steroid dienone is 1. The van der Waals surface area contributed by atoms with E-state index in [1.165, 1.54) is 0 Å². The highest BCUT2D eigenvalue weighted by Gasteiger charge is 2.08. The molecule has 1 aliphatic heterocycles. The molecule has 0 spiro atoms. The van der Waals surface area contributed by atoms with E-state index in [0.717, 1.165) is 12.2 Å². The average molecular weight is 138 g/mol. The SMILES string of the molecule is CCC(C)C1=C[N]C=CO1. The lowest BCUT2D eigenvalue weighted by atomic mass is 10.1. The quantitative estimate of drug-likeness (QED) is 0.572. The largest absolute Gasteiger partial charge is 0.466 e. The normalized spacial score (nSPS) is 18.8. The third-order valence-electron chi connectivity index (χ3n) is 1.65. The van der Waals surface area contributed by atoms with Crippen molar-refractivity contribution in [2.24, 2.45) is 5.92 Å². The van der Waals surface area contributed by atoms with Crippen LogP contribution in [0.1, 0.15) is 20.3 Å². The van der Waals surface area contributed by atoms with Crippen molar-refractivity contribution in [3.05, 3.63) is 24.4 Å². The molecular weight excluding hydrogens is 126 g/mol. The number of rotatable bonds is 2. The van der Waals surface area contributed by atoms with Crippen molar-refractivity contribution < 1.29 is 4.74 Å². The van der Waals surface area contributed by atoms with Gasteiger partial charge in [0.1, 0.15) is 12.0 Å². The predicted molar refractivity (Wildman–Crippen MR) is 39.9 cm³/mol. The molecule has 1 radical (unpaired) electrons. The Morgan fingerprint density at radius 3 is 3.00 bits per heavy atom. The Kier molecular flexibility index (Phi) is 2.37. The first-order valence-electron chi connectivity index (χ1n) is 3.56. The molecule has 2 heteroatoms. The van der Waals surface area contributed by atoms with Gasteiger partial charge in [-0.1, -0.05) is 13.8 Å². The van der Waals surface area contributed by atoms with Gasteiger partial charge in [-0.2, -0.15) is 0 Å². The van der Waals surface area contributed by atoms with Gasteiger partial charge in [-0.15, -0.1) is 0 Å². The van der Waals surface area contributed by atoms with Gasteiger partial charge in [0.25, 0.3) is 0 Å². The van der Waals surface area contributed by atoms with Gasteiger partial charge in [-0.05, 0) is 6.42 Å². The second kappa shape index (κ2) is 3.30. The maximum atomic E-state index is 5.22. The zero-order chi connectivity index (χ0) is 7.40. The molecule has 1 heterocycles. The van der Waals surface area contributed by atoms with Crippen molar-refractivity contribution >= 4 is 0 Å². The third kappa shape index (κ3) is 1.53. The molecule has 0 bridgehead atoms. The van der Waals surface area contributed by atoms with Gasteiger partial charge in [-0.3, -0.25) is 5.32 Å². The maximum absolute atomic E-state index is 5.22. The van der Waals surface area contributed by atoms with Crippen LogP contribution >= 0.6 is 0 Å². The summed E-state index contributed by atoms with van der Waals surface area (Å²) in [6.07, 6.45) is 6.12. The van der Waals surface area contributed by atoms with Gasteiger partial charge in [0.2, 0.25) is 0 Å². The summed E-state index contributed by atoms with van der Waals surface area (Å²) >= 11 is 0. The van der Waals surface area contributed by atoms with E-state index in [-0.39, 0.29) is 0 Å². The molecule has 0 aliphatic carbocycles. The summed E-state index contributed by atoms with van der Waals surface area (Å²) in [4.78, 5) is 0. The van der Waals surface area contributed by atoms with E-state index < -0.39 is 0 Å². The van der Waals surface area contributed by atoms with E-state index in [0.29, 0.717) is 5.92 Å². The van der Waals surface area contributed by atoms with E-state index in [1.807, 2.05) is 0 Å². The van der Waals surface area contributed by atoms with E-state index in [4.69, 9.17) is 4.74 Å². The lowest BCUT2D eigenvalue weighted by Crippen LogP contribution is -2.05. The van der Waals surface area contributed by atoms with Crippen molar-refractivity contribution in [2.75, 3.05) is 0 Å². The van der Waals surface area contributed by atoms with Crippen LogP contribution < -0.4 is 5.32 Å². The highest BCUT2D eigenvalue weighted by Crippen LogP contribution is 2.16. The second-order valence-electron chi connectivity index (χ2n) is 2.39. The summed E-state index contributed by atoms with van der Waals surface area (Å²) in [7, 11) is 0. The van der Waals surface area contributed by atoms with Gasteiger partial charge in [0.15, 0.2) is 0 Å². The third-order valence-corrected chi connectivity index (χ3v) is 1.65. The Morgan fingerprint density at radius 1 is 1.70 bits per heavy atom. The van der Waals surface area contributed by atoms with Crippen LogP contribution in [0.3, 0.4) is 0 Å². The molecule has 1 unspecified atom stereocenters. The lowest BCUT2D eigenvalue weighted by Gasteiger charge is -2.14. The molecule has 55 valence electrons. The fraction of sp³-hybridized carbons (Fsp3) is 0.500. The average Bonchev–Trinajstić information content (AvgIpc) is 2.05. The topological polar surface area (TPSA) is 23.3 Å². The zero-order valence-electron chi connectivity index (χ0n) is 6.37. The minimum atomic E-state index is 0.480. The highest BCUT2D eigenvalue weighted by molar-refractivity contribution is 5.03. The van der Waals surface area contributed by atoms with Crippen molar-refractivity contribution in [3.63, 3.8) is 0 Å². The first-order valence-corrected chi connectivity index (χ1v) is 3.56. The van der Waals surface area contributed by atoms with Gasteiger partial charge in [0.05, 0.1) is 12.4 Å². The molecule has 0 saturated heterocycles. The number of hydrogen-bond donors (Lipinski definition) is 0. The van der Waals surface area contributed by atoms with Gasteiger partial charge in [0, 0.05) is 5.92 Å². The fourth-order valence-electron chi connectivity index (χ4n) is 0.736. The van der Waals surface area contributed by atoms with Crippen molar-refractivity contribution in [1.29, 1.82) is 0 Å². The van der Waals surface area contributed by atoms with E-state index in [1.54, 1.807) is 18.7 Å². The van der Waals surface area contributed by atoms with Gasteiger partial charge >= 0.3 is 0 Å². The molecule has 0 saturated carbocycles. The summed E-state index contributed by atoms with van der Waals surface area (Å²) in [5.41, 5.74) is 0. The first-order chi connectivity index (χ1) is 4.84. The van der Waals surface area contributed by atoms with Crippen LogP contribution in [0.4, 0.5) is 0 Å². The van der Waals surface area contributed by atoms with Crippen molar-refractivity contribution in [1.82, 2.24) is 5.32 Å². The van der Waals surface area contributed by atoms with Crippen LogP contribution in [-0.2, 0) is 4.74 Å². The molecule has 0 fully saturated rings. The molecule has 0 aromatic rings. The Hall–Kier alpha value is -0.920. The Balaban J connectivity index is 2.47. The summed E-state index contributed by atoms with van der Waals surface area (Å²) in [6.45, 7) is 4.26. The Bertz CT molecular complexity index is 161. The Morgan fingerprint density at radius 2 is 2.50 bits per heavy atom. The summed E-state index contributed by atoms with van der Waals surface area (Å²) < 4.78 is 5.22. The standard InChI is InChI=1S/C8H12NO/c1-3-7(2)8-6-9-4-5-10-8/h4-7H,3H2,1-2H3. The minimum absolute atomic E-state index is 0.480. The molecule has 0 aromatic heterocycles. The van der Waals surface area contributed by atoms with Crippen LogP contribution in [0.5, 0.6) is 0 Å². The summed E-state index contributed by atoms with van der Waals surface area (Å²) in [5, 5.41) is 3.96. The van der Waals surface area contributed by atoms with Crippen LogP contribution in [0.25, 0.3) is 0 Å². The summed E-state index contributed by atoms with van der Waals surface area (Å²) in [5.74, 6) is 1.44. The molecule has 1 aliphatic rings. The minimum Gasteiger partial charge on any atom is -0.466 e. The van der Waals surface area contributed by atoms with Crippen molar-refractivity contribution in [2.45, 2.75) is 20.3 Å². The number of ether oxygens (including phenoxy) is 1. The van der Waals surface area contributed by atoms with E-state index in [9.17, 15) is 0 Å². The van der Waals surface area contributed by atoms with E-state index >= 15 is 0 Å². The Labute approximate surface area is 61.6 Å². The van der Waals surface area contributed by atoms with E-state index in [2.05, 4.69) is 19.2 Å². The van der Waals surface area contributed by atoms with Crippen LogP contribution in [0.15, 0.2) is 24.4 Å². The van der Waals surface area contributed by atoms with Crippen LogP contribution in [0.2, 0.25) is 0 Å². The first kappa shape index (κ1) is 7.19. The molecule has 1 rings (SSSR count). The van der Waals surface area contributed by atoms with Gasteiger partial charge in [-0.25, -0.2) is 0 Å². The van der Waals surface area contributed by atoms with Gasteiger partial charge < -0.3 is 4.74 Å². The molecule has 1 atom stereocenters. The number of hydrogen-bond acceptors (Lipinski definition) is 1. The molecule has 0 aromatic carbocycles. The number of nitrogens with zero attached hydrogens (tertiary/aromatic N) is 1. The predicted octanol–water partition coefficient (Wildman–Crippen LogP) is 1.98. The highest BCUT2D eigenvalue weighted by atomic mass is 16.5. The molecule has 10 heavy (non-hydrogen) atoms. The molecule has 0 amide bonds. The monoisotopic (exact) mass is 138 g/mol. The summed E-state index contributed by atoms with van der Waals surface area (Å²) in [6, 6.07) is 0. The molecule has 2 nitrogen and oxygen atoms in total.